The van der Waals surface area contributed by atoms with Gasteiger partial charge < -0.3 is 14.2 Å². The molecular formula is C30H30N4O4. The Morgan fingerprint density at radius 1 is 0.921 bits per heavy atom. The van der Waals surface area contributed by atoms with E-state index in [1.807, 2.05) is 48.5 Å². The second-order valence-electron chi connectivity index (χ2n) is 8.94. The summed E-state index contributed by atoms with van der Waals surface area (Å²) in [6.45, 7) is 0.452. The van der Waals surface area contributed by atoms with Crippen LogP contribution in [0.4, 0.5) is 0 Å². The maximum absolute atomic E-state index is 12.8. The van der Waals surface area contributed by atoms with Crippen molar-refractivity contribution in [1.29, 1.82) is 0 Å². The number of nitrogens with zero attached hydrogens (tertiary/aromatic N) is 1. The van der Waals surface area contributed by atoms with Gasteiger partial charge in [-0.3, -0.25) is 4.79 Å². The summed E-state index contributed by atoms with van der Waals surface area (Å²) in [4.78, 5) is 12.8. The third-order valence-electron chi connectivity index (χ3n) is 6.57. The summed E-state index contributed by atoms with van der Waals surface area (Å²) >= 11 is 0. The van der Waals surface area contributed by atoms with Crippen molar-refractivity contribution in [2.75, 3.05) is 14.2 Å². The minimum atomic E-state index is -0.450. The number of amides is 1. The molecule has 1 amide bonds. The van der Waals surface area contributed by atoms with Crippen LogP contribution in [0, 0.1) is 0 Å². The van der Waals surface area contributed by atoms with E-state index in [4.69, 9.17) is 14.2 Å². The molecule has 2 atom stereocenters. The number of hydrogen-bond acceptors (Lipinski definition) is 7. The highest BCUT2D eigenvalue weighted by atomic mass is 16.5. The monoisotopic (exact) mass is 510 g/mol. The van der Waals surface area contributed by atoms with Crippen LogP contribution in [-0.2, 0) is 11.4 Å². The van der Waals surface area contributed by atoms with Crippen LogP contribution in [0.2, 0.25) is 0 Å². The fourth-order valence-corrected chi connectivity index (χ4v) is 4.59. The third kappa shape index (κ3) is 5.61. The van der Waals surface area contributed by atoms with E-state index < -0.39 is 6.04 Å². The molecule has 8 heteroatoms. The van der Waals surface area contributed by atoms with Gasteiger partial charge in [-0.25, -0.2) is 16.3 Å². The number of hydrazone groups is 1. The Balaban J connectivity index is 1.20. The molecule has 4 aromatic rings. The summed E-state index contributed by atoms with van der Waals surface area (Å²) in [7, 11) is 3.15. The van der Waals surface area contributed by atoms with Crippen molar-refractivity contribution < 1.29 is 19.0 Å². The topological polar surface area (TPSA) is 93.2 Å². The van der Waals surface area contributed by atoms with Gasteiger partial charge in [-0.1, -0.05) is 60.7 Å². The van der Waals surface area contributed by atoms with E-state index in [-0.39, 0.29) is 11.9 Å². The molecule has 1 saturated heterocycles. The zero-order valence-electron chi connectivity index (χ0n) is 21.3. The first-order chi connectivity index (χ1) is 18.7. The molecule has 194 valence electrons. The summed E-state index contributed by atoms with van der Waals surface area (Å²) in [5, 5.41) is 6.47. The first-order valence-electron chi connectivity index (χ1n) is 12.4. The second kappa shape index (κ2) is 11.8. The minimum Gasteiger partial charge on any atom is -0.493 e. The molecule has 5 rings (SSSR count). The molecule has 8 nitrogen and oxygen atoms in total. The number of rotatable bonds is 9. The lowest BCUT2D eigenvalue weighted by Crippen LogP contribution is -2.41. The average molecular weight is 511 g/mol. The van der Waals surface area contributed by atoms with Crippen LogP contribution in [0.15, 0.2) is 90.0 Å². The van der Waals surface area contributed by atoms with Crippen molar-refractivity contribution in [2.45, 2.75) is 25.1 Å². The number of ether oxygens (including phenoxy) is 3. The predicted molar refractivity (Wildman–Crippen MR) is 147 cm³/mol. The lowest BCUT2D eigenvalue weighted by molar-refractivity contribution is -0.122. The van der Waals surface area contributed by atoms with Crippen LogP contribution in [0.1, 0.15) is 29.2 Å². The molecule has 0 spiro atoms. The lowest BCUT2D eigenvalue weighted by Gasteiger charge is -2.16. The van der Waals surface area contributed by atoms with Crippen LogP contribution in [0.5, 0.6) is 17.2 Å². The molecule has 0 saturated carbocycles. The molecule has 1 aliphatic heterocycles. The Morgan fingerprint density at radius 3 is 2.58 bits per heavy atom. The Labute approximate surface area is 221 Å². The normalized spacial score (nSPS) is 17.0. The molecule has 0 bridgehead atoms. The smallest absolute Gasteiger partial charge is 0.258 e. The summed E-state index contributed by atoms with van der Waals surface area (Å²) < 4.78 is 16.8. The van der Waals surface area contributed by atoms with Crippen LogP contribution in [-0.4, -0.2) is 32.4 Å². The fraction of sp³-hybridized carbons (Fsp3) is 0.200. The van der Waals surface area contributed by atoms with Crippen molar-refractivity contribution in [3.63, 3.8) is 0 Å². The zero-order valence-corrected chi connectivity index (χ0v) is 21.3. The number of carbonyl (C=O) groups excluding carboxylic acids is 1. The van der Waals surface area contributed by atoms with E-state index in [0.717, 1.165) is 22.4 Å². The van der Waals surface area contributed by atoms with E-state index in [2.05, 4.69) is 45.6 Å². The van der Waals surface area contributed by atoms with Crippen molar-refractivity contribution in [3.8, 4) is 17.2 Å². The van der Waals surface area contributed by atoms with E-state index in [1.165, 1.54) is 10.8 Å². The number of fused-ring (bicyclic) bond motifs is 1. The van der Waals surface area contributed by atoms with E-state index >= 15 is 0 Å². The number of methoxy groups -OCH3 is 2. The van der Waals surface area contributed by atoms with Crippen LogP contribution in [0.3, 0.4) is 0 Å². The molecule has 1 aliphatic rings. The van der Waals surface area contributed by atoms with Gasteiger partial charge in [-0.05, 0) is 52.6 Å². The number of hydrogen-bond donors (Lipinski definition) is 3. The minimum absolute atomic E-state index is 0.0932. The van der Waals surface area contributed by atoms with Gasteiger partial charge in [0.1, 0.15) is 18.4 Å². The molecule has 38 heavy (non-hydrogen) atoms. The predicted octanol–water partition coefficient (Wildman–Crippen LogP) is 4.49. The first kappa shape index (κ1) is 25.3. The van der Waals surface area contributed by atoms with Gasteiger partial charge in [-0.2, -0.15) is 5.10 Å². The first-order valence-corrected chi connectivity index (χ1v) is 12.4. The van der Waals surface area contributed by atoms with Crippen molar-refractivity contribution in [2.24, 2.45) is 5.10 Å². The largest absolute Gasteiger partial charge is 0.493 e. The third-order valence-corrected chi connectivity index (χ3v) is 6.57. The van der Waals surface area contributed by atoms with Gasteiger partial charge >= 0.3 is 0 Å². The summed E-state index contributed by atoms with van der Waals surface area (Å²) in [5.74, 6) is 1.77. The van der Waals surface area contributed by atoms with E-state index in [0.29, 0.717) is 24.5 Å². The van der Waals surface area contributed by atoms with Gasteiger partial charge in [0, 0.05) is 5.56 Å². The molecule has 4 aromatic carbocycles. The van der Waals surface area contributed by atoms with Gasteiger partial charge in [0.05, 0.1) is 26.5 Å². The zero-order chi connectivity index (χ0) is 26.3. The number of benzene rings is 4. The molecule has 0 radical (unpaired) electrons. The Hall–Kier alpha value is -4.40. The quantitative estimate of drug-likeness (QED) is 0.227. The molecule has 3 N–H and O–H groups in total. The van der Waals surface area contributed by atoms with Crippen LogP contribution >= 0.6 is 0 Å². The summed E-state index contributed by atoms with van der Waals surface area (Å²) in [6, 6.07) is 27.3. The molecular weight excluding hydrogens is 480 g/mol. The fourth-order valence-electron chi connectivity index (χ4n) is 4.59. The Morgan fingerprint density at radius 2 is 1.71 bits per heavy atom. The Bertz CT molecular complexity index is 1450. The number of nitrogens with one attached hydrogen (secondary N) is 3. The van der Waals surface area contributed by atoms with Crippen molar-refractivity contribution in [1.82, 2.24) is 16.3 Å². The van der Waals surface area contributed by atoms with Crippen molar-refractivity contribution >= 4 is 22.9 Å². The SMILES string of the molecule is COc1ccc(/C=N/NC(=O)C2CC(c3ccccc3OCc3cccc4ccccc34)NN2)cc1OC. The van der Waals surface area contributed by atoms with E-state index in [9.17, 15) is 4.79 Å². The standard InChI is InChI=1S/C30H30N4O4/c1-36-28-15-14-20(16-29(28)37-2)18-31-34-30(35)26-17-25(32-33-26)24-12-5-6-13-27(24)38-19-22-10-7-9-21-8-3-4-11-23(21)22/h3-16,18,25-26,32-33H,17,19H2,1-2H3,(H,34,35)/b31-18+. The van der Waals surface area contributed by atoms with Gasteiger partial charge in [0.15, 0.2) is 11.5 Å². The van der Waals surface area contributed by atoms with E-state index in [1.54, 1.807) is 32.6 Å². The van der Waals surface area contributed by atoms with Gasteiger partial charge in [0.25, 0.3) is 5.91 Å². The molecule has 1 fully saturated rings. The van der Waals surface area contributed by atoms with Gasteiger partial charge in [0.2, 0.25) is 0 Å². The second-order valence-corrected chi connectivity index (χ2v) is 8.94. The van der Waals surface area contributed by atoms with Crippen LogP contribution in [0.25, 0.3) is 10.8 Å². The number of carbonyl (C=O) groups is 1. The Kier molecular flexibility index (Phi) is 7.82. The molecule has 1 heterocycles. The highest BCUT2D eigenvalue weighted by molar-refractivity contribution is 5.86. The highest BCUT2D eigenvalue weighted by Crippen LogP contribution is 2.31. The van der Waals surface area contributed by atoms with Gasteiger partial charge in [-0.15, -0.1) is 0 Å². The summed E-state index contributed by atoms with van der Waals surface area (Å²) in [5.41, 5.74) is 11.8. The van der Waals surface area contributed by atoms with Crippen molar-refractivity contribution in [3.05, 3.63) is 102 Å². The average Bonchev–Trinajstić information content (AvgIpc) is 3.46. The highest BCUT2D eigenvalue weighted by Gasteiger charge is 2.31. The lowest BCUT2D eigenvalue weighted by atomic mass is 10.0. The molecule has 0 aromatic heterocycles. The summed E-state index contributed by atoms with van der Waals surface area (Å²) in [6.07, 6.45) is 2.11. The number of para-hydroxylation sites is 1. The maximum atomic E-state index is 12.8. The molecule has 0 aliphatic carbocycles. The maximum Gasteiger partial charge on any atom is 0.258 e. The molecule has 2 unspecified atom stereocenters. The number of hydrazine groups is 1. The van der Waals surface area contributed by atoms with Crippen LogP contribution < -0.4 is 30.5 Å².